The van der Waals surface area contributed by atoms with Crippen molar-refractivity contribution in [2.45, 2.75) is 26.3 Å². The van der Waals surface area contributed by atoms with E-state index in [0.29, 0.717) is 11.1 Å². The highest BCUT2D eigenvalue weighted by Gasteiger charge is 2.05. The van der Waals surface area contributed by atoms with Gasteiger partial charge in [-0.2, -0.15) is 5.26 Å². The number of nitrogens with one attached hydrogen (secondary N) is 1. The highest BCUT2D eigenvalue weighted by molar-refractivity contribution is 5.94. The van der Waals surface area contributed by atoms with E-state index >= 15 is 0 Å². The maximum atomic E-state index is 13.0. The average Bonchev–Trinajstić information content (AvgIpc) is 2.28. The van der Waals surface area contributed by atoms with Gasteiger partial charge in [-0.05, 0) is 37.1 Å². The second kappa shape index (κ2) is 6.55. The molecule has 1 atom stereocenters. The molecule has 1 rings (SSSR count). The molecule has 18 heavy (non-hydrogen) atoms. The minimum absolute atomic E-state index is 0.195. The third-order valence-electron chi connectivity index (χ3n) is 2.41. The number of nitriles is 1. The van der Waals surface area contributed by atoms with E-state index in [-0.39, 0.29) is 24.2 Å². The molecule has 4 heteroatoms. The molecule has 0 aliphatic rings. The van der Waals surface area contributed by atoms with Gasteiger partial charge >= 0.3 is 0 Å². The highest BCUT2D eigenvalue weighted by Crippen LogP contribution is 2.14. The van der Waals surface area contributed by atoms with Crippen LogP contribution in [0.2, 0.25) is 0 Å². The summed E-state index contributed by atoms with van der Waals surface area (Å²) in [5.41, 5.74) is 1.34. The number of carbonyl (C=O) groups is 1. The summed E-state index contributed by atoms with van der Waals surface area (Å²) in [6.07, 6.45) is 1.67. The first-order valence-corrected chi connectivity index (χ1v) is 5.64. The molecule has 0 radical (unpaired) electrons. The molecule has 1 aromatic rings. The summed E-state index contributed by atoms with van der Waals surface area (Å²) in [6, 6.07) is 7.84. The Labute approximate surface area is 106 Å². The minimum Gasteiger partial charge on any atom is -0.349 e. The lowest BCUT2D eigenvalue weighted by Gasteiger charge is -2.08. The lowest BCUT2D eigenvalue weighted by Crippen LogP contribution is -2.30. The van der Waals surface area contributed by atoms with Gasteiger partial charge in [0, 0.05) is 12.1 Å². The van der Waals surface area contributed by atoms with Crippen molar-refractivity contribution < 1.29 is 9.18 Å². The van der Waals surface area contributed by atoms with Crippen LogP contribution in [0.3, 0.4) is 0 Å². The third-order valence-corrected chi connectivity index (χ3v) is 2.41. The summed E-state index contributed by atoms with van der Waals surface area (Å²) < 4.78 is 13.0. The maximum absolute atomic E-state index is 13.0. The van der Waals surface area contributed by atoms with Crippen LogP contribution >= 0.6 is 0 Å². The fraction of sp³-hybridized carbons (Fsp3) is 0.286. The van der Waals surface area contributed by atoms with Crippen LogP contribution in [0.5, 0.6) is 0 Å². The molecule has 1 aromatic carbocycles. The number of amides is 1. The number of rotatable bonds is 4. The van der Waals surface area contributed by atoms with Crippen LogP contribution < -0.4 is 5.32 Å². The summed E-state index contributed by atoms with van der Waals surface area (Å²) >= 11 is 0. The van der Waals surface area contributed by atoms with E-state index < -0.39 is 0 Å². The van der Waals surface area contributed by atoms with Crippen molar-refractivity contribution >= 4 is 11.5 Å². The smallest absolute Gasteiger partial charge is 0.244 e. The average molecular weight is 246 g/mol. The molecular formula is C14H15FN2O. The number of hydrogen-bond acceptors (Lipinski definition) is 2. The van der Waals surface area contributed by atoms with Crippen LogP contribution in [0.1, 0.15) is 25.8 Å². The molecule has 0 aliphatic heterocycles. The molecule has 0 heterocycles. The molecule has 0 spiro atoms. The fourth-order valence-electron chi connectivity index (χ4n) is 1.49. The van der Waals surface area contributed by atoms with E-state index in [2.05, 4.69) is 5.32 Å². The van der Waals surface area contributed by atoms with Crippen LogP contribution in [0.4, 0.5) is 4.39 Å². The lowest BCUT2D eigenvalue weighted by molar-refractivity contribution is -0.117. The van der Waals surface area contributed by atoms with Gasteiger partial charge in [0.15, 0.2) is 0 Å². The molecule has 1 unspecified atom stereocenters. The first-order valence-electron chi connectivity index (χ1n) is 5.64. The van der Waals surface area contributed by atoms with Crippen molar-refractivity contribution in [3.8, 4) is 6.07 Å². The van der Waals surface area contributed by atoms with Gasteiger partial charge < -0.3 is 5.32 Å². The normalized spacial score (nSPS) is 12.7. The quantitative estimate of drug-likeness (QED) is 0.830. The van der Waals surface area contributed by atoms with Gasteiger partial charge in [0.05, 0.1) is 12.5 Å². The molecule has 0 bridgehead atoms. The Morgan fingerprint density at radius 2 is 2.33 bits per heavy atom. The minimum atomic E-state index is -0.335. The van der Waals surface area contributed by atoms with E-state index in [9.17, 15) is 9.18 Å². The van der Waals surface area contributed by atoms with Gasteiger partial charge in [0.2, 0.25) is 5.91 Å². The molecule has 1 N–H and O–H groups in total. The zero-order valence-corrected chi connectivity index (χ0v) is 10.4. The second-order valence-corrected chi connectivity index (χ2v) is 4.11. The van der Waals surface area contributed by atoms with Crippen LogP contribution in [-0.2, 0) is 4.79 Å². The van der Waals surface area contributed by atoms with Gasteiger partial charge in [0.25, 0.3) is 0 Å². The lowest BCUT2D eigenvalue weighted by atomic mass is 10.1. The molecule has 0 saturated carbocycles. The molecule has 0 saturated heterocycles. The molecule has 94 valence electrons. The van der Waals surface area contributed by atoms with Crippen LogP contribution in [-0.4, -0.2) is 11.9 Å². The van der Waals surface area contributed by atoms with Crippen molar-refractivity contribution in [2.75, 3.05) is 0 Å². The standard InChI is InChI=1S/C14H15FN2O/c1-10(12-4-3-5-13(15)9-12)8-14(18)17-11(2)6-7-16/h3-5,8-9,11H,6H2,1-2H3,(H,17,18)/b10-8-. The summed E-state index contributed by atoms with van der Waals surface area (Å²) in [5.74, 6) is -0.613. The molecule has 3 nitrogen and oxygen atoms in total. The summed E-state index contributed by atoms with van der Waals surface area (Å²) in [6.45, 7) is 3.50. The predicted octanol–water partition coefficient (Wildman–Crippen LogP) is 2.65. The van der Waals surface area contributed by atoms with E-state index in [1.165, 1.54) is 18.2 Å². The van der Waals surface area contributed by atoms with E-state index in [1.54, 1.807) is 26.0 Å². The van der Waals surface area contributed by atoms with Gasteiger partial charge in [-0.3, -0.25) is 4.79 Å². The third kappa shape index (κ3) is 4.38. The summed E-state index contributed by atoms with van der Waals surface area (Å²) in [4.78, 5) is 11.6. The number of nitrogens with zero attached hydrogens (tertiary/aromatic N) is 1. The van der Waals surface area contributed by atoms with Crippen molar-refractivity contribution in [3.63, 3.8) is 0 Å². The van der Waals surface area contributed by atoms with E-state index in [1.807, 2.05) is 6.07 Å². The molecule has 0 aliphatic carbocycles. The van der Waals surface area contributed by atoms with Crippen LogP contribution in [0.25, 0.3) is 5.57 Å². The number of hydrogen-bond donors (Lipinski definition) is 1. The van der Waals surface area contributed by atoms with Crippen molar-refractivity contribution in [3.05, 3.63) is 41.7 Å². The van der Waals surface area contributed by atoms with Gasteiger partial charge in [-0.1, -0.05) is 12.1 Å². The molecular weight excluding hydrogens is 231 g/mol. The fourth-order valence-corrected chi connectivity index (χ4v) is 1.49. The molecule has 1 amide bonds. The zero-order valence-electron chi connectivity index (χ0n) is 10.4. The topological polar surface area (TPSA) is 52.9 Å². The van der Waals surface area contributed by atoms with Gasteiger partial charge in [-0.25, -0.2) is 4.39 Å². The Balaban J connectivity index is 2.72. The largest absolute Gasteiger partial charge is 0.349 e. The number of benzene rings is 1. The maximum Gasteiger partial charge on any atom is 0.244 e. The Morgan fingerprint density at radius 3 is 2.94 bits per heavy atom. The summed E-state index contributed by atoms with van der Waals surface area (Å²) in [7, 11) is 0. The second-order valence-electron chi connectivity index (χ2n) is 4.11. The van der Waals surface area contributed by atoms with Gasteiger partial charge in [0.1, 0.15) is 5.82 Å². The Kier molecular flexibility index (Phi) is 5.06. The Hall–Kier alpha value is -2.15. The first kappa shape index (κ1) is 13.9. The number of carbonyl (C=O) groups excluding carboxylic acids is 1. The number of allylic oxidation sites excluding steroid dienone is 1. The molecule has 0 aromatic heterocycles. The highest BCUT2D eigenvalue weighted by atomic mass is 19.1. The van der Waals surface area contributed by atoms with Crippen molar-refractivity contribution in [1.29, 1.82) is 5.26 Å². The van der Waals surface area contributed by atoms with E-state index in [4.69, 9.17) is 5.26 Å². The number of halogens is 1. The van der Waals surface area contributed by atoms with E-state index in [0.717, 1.165) is 0 Å². The van der Waals surface area contributed by atoms with Crippen molar-refractivity contribution in [1.82, 2.24) is 5.32 Å². The van der Waals surface area contributed by atoms with Crippen LogP contribution in [0.15, 0.2) is 30.3 Å². The SMILES string of the molecule is C/C(=C/C(=O)NC(C)CC#N)c1cccc(F)c1. The summed E-state index contributed by atoms with van der Waals surface area (Å²) in [5, 5.41) is 11.1. The Bertz CT molecular complexity index is 503. The first-order chi connectivity index (χ1) is 8.52. The monoisotopic (exact) mass is 246 g/mol. The van der Waals surface area contributed by atoms with Crippen LogP contribution in [0, 0.1) is 17.1 Å². The van der Waals surface area contributed by atoms with Crippen molar-refractivity contribution in [2.24, 2.45) is 0 Å². The Morgan fingerprint density at radius 1 is 1.61 bits per heavy atom. The zero-order chi connectivity index (χ0) is 13.5. The predicted molar refractivity (Wildman–Crippen MR) is 67.9 cm³/mol. The van der Waals surface area contributed by atoms with Gasteiger partial charge in [-0.15, -0.1) is 0 Å². The molecule has 0 fully saturated rings.